The van der Waals surface area contributed by atoms with Gasteiger partial charge in [-0.25, -0.2) is 9.37 Å². The van der Waals surface area contributed by atoms with Gasteiger partial charge in [0.25, 0.3) is 5.91 Å². The SMILES string of the molecule is O=C(c1csc(Nc2ccccc2F)n1)N1CCCC(C(=O)N2CCOCC2)C1. The molecule has 0 spiro atoms. The van der Waals surface area contributed by atoms with Crippen LogP contribution in [0.3, 0.4) is 0 Å². The molecule has 2 aliphatic heterocycles. The lowest BCUT2D eigenvalue weighted by Gasteiger charge is -2.36. The van der Waals surface area contributed by atoms with E-state index in [1.54, 1.807) is 28.5 Å². The van der Waals surface area contributed by atoms with E-state index in [9.17, 15) is 14.0 Å². The molecule has 2 aromatic rings. The van der Waals surface area contributed by atoms with Crippen molar-refractivity contribution in [3.05, 3.63) is 41.2 Å². The van der Waals surface area contributed by atoms with E-state index in [0.29, 0.717) is 55.9 Å². The summed E-state index contributed by atoms with van der Waals surface area (Å²) in [4.78, 5) is 33.5. The number of carbonyl (C=O) groups is 2. The fourth-order valence-electron chi connectivity index (χ4n) is 3.67. The van der Waals surface area contributed by atoms with E-state index in [2.05, 4.69) is 10.3 Å². The molecule has 2 saturated heterocycles. The van der Waals surface area contributed by atoms with Gasteiger partial charge >= 0.3 is 0 Å². The second-order valence-electron chi connectivity index (χ2n) is 7.17. The summed E-state index contributed by atoms with van der Waals surface area (Å²) < 4.78 is 19.1. The summed E-state index contributed by atoms with van der Waals surface area (Å²) in [6, 6.07) is 6.32. The first-order valence-electron chi connectivity index (χ1n) is 9.74. The third-order valence-electron chi connectivity index (χ3n) is 5.22. The van der Waals surface area contributed by atoms with Gasteiger partial charge in [-0.1, -0.05) is 12.1 Å². The Morgan fingerprint density at radius 3 is 2.76 bits per heavy atom. The van der Waals surface area contributed by atoms with Crippen molar-refractivity contribution in [1.29, 1.82) is 0 Å². The van der Waals surface area contributed by atoms with Crippen LogP contribution in [0.15, 0.2) is 29.6 Å². The van der Waals surface area contributed by atoms with Gasteiger partial charge in [-0.2, -0.15) is 0 Å². The lowest BCUT2D eigenvalue weighted by Crippen LogP contribution is -2.49. The first kappa shape index (κ1) is 19.8. The van der Waals surface area contributed by atoms with Crippen molar-refractivity contribution in [3.63, 3.8) is 0 Å². The van der Waals surface area contributed by atoms with Gasteiger partial charge in [-0.05, 0) is 25.0 Å². The fraction of sp³-hybridized carbons (Fsp3) is 0.450. The third kappa shape index (κ3) is 4.56. The topological polar surface area (TPSA) is 74.8 Å². The highest BCUT2D eigenvalue weighted by Gasteiger charge is 2.32. The number of carbonyl (C=O) groups excluding carboxylic acids is 2. The molecule has 0 bridgehead atoms. The number of piperidine rings is 1. The Labute approximate surface area is 172 Å². The summed E-state index contributed by atoms with van der Waals surface area (Å²) in [6.07, 6.45) is 1.58. The minimum atomic E-state index is -0.379. The number of halogens is 1. The number of aromatic nitrogens is 1. The highest BCUT2D eigenvalue weighted by Crippen LogP contribution is 2.25. The summed E-state index contributed by atoms with van der Waals surface area (Å²) >= 11 is 1.25. The molecule has 0 radical (unpaired) electrons. The average molecular weight is 418 g/mol. The first-order valence-corrected chi connectivity index (χ1v) is 10.6. The second kappa shape index (κ2) is 8.87. The van der Waals surface area contributed by atoms with Gasteiger partial charge in [0, 0.05) is 31.6 Å². The van der Waals surface area contributed by atoms with Crippen LogP contribution >= 0.6 is 11.3 Å². The maximum absolute atomic E-state index is 13.8. The smallest absolute Gasteiger partial charge is 0.273 e. The maximum atomic E-state index is 13.8. The molecule has 9 heteroatoms. The van der Waals surface area contributed by atoms with Gasteiger partial charge in [0.05, 0.1) is 24.8 Å². The summed E-state index contributed by atoms with van der Waals surface area (Å²) in [5.74, 6) is -0.648. The van der Waals surface area contributed by atoms with Crippen LogP contribution in [0.25, 0.3) is 0 Å². The van der Waals surface area contributed by atoms with E-state index in [4.69, 9.17) is 4.74 Å². The summed E-state index contributed by atoms with van der Waals surface area (Å²) in [6.45, 7) is 3.37. The number of anilines is 2. The van der Waals surface area contributed by atoms with Gasteiger partial charge in [-0.3, -0.25) is 9.59 Å². The molecule has 0 aliphatic carbocycles. The molecule has 1 N–H and O–H groups in total. The molecule has 7 nitrogen and oxygen atoms in total. The number of amides is 2. The number of nitrogens with one attached hydrogen (secondary N) is 1. The van der Waals surface area contributed by atoms with Gasteiger partial charge in [-0.15, -0.1) is 11.3 Å². The van der Waals surface area contributed by atoms with E-state index in [0.717, 1.165) is 12.8 Å². The Morgan fingerprint density at radius 1 is 1.17 bits per heavy atom. The van der Waals surface area contributed by atoms with Gasteiger partial charge in [0.15, 0.2) is 5.13 Å². The van der Waals surface area contributed by atoms with Gasteiger partial charge < -0.3 is 19.9 Å². The number of likely N-dealkylation sites (tertiary alicyclic amines) is 1. The lowest BCUT2D eigenvalue weighted by atomic mass is 9.96. The highest BCUT2D eigenvalue weighted by molar-refractivity contribution is 7.14. The maximum Gasteiger partial charge on any atom is 0.273 e. The van der Waals surface area contributed by atoms with Crippen LogP contribution in [-0.2, 0) is 9.53 Å². The number of para-hydroxylation sites is 1. The zero-order valence-electron chi connectivity index (χ0n) is 16.0. The fourth-order valence-corrected chi connectivity index (χ4v) is 4.37. The Kier molecular flexibility index (Phi) is 6.05. The molecule has 4 rings (SSSR count). The number of ether oxygens (including phenoxy) is 1. The Balaban J connectivity index is 1.39. The van der Waals surface area contributed by atoms with Crippen LogP contribution in [0, 0.1) is 11.7 Å². The van der Waals surface area contributed by atoms with Crippen LogP contribution < -0.4 is 5.32 Å². The normalized spacial score (nSPS) is 19.8. The molecule has 2 fully saturated rings. The van der Waals surface area contributed by atoms with Crippen molar-refractivity contribution in [2.75, 3.05) is 44.7 Å². The largest absolute Gasteiger partial charge is 0.378 e. The summed E-state index contributed by atoms with van der Waals surface area (Å²) in [7, 11) is 0. The van der Waals surface area contributed by atoms with Gasteiger partial charge in [0.2, 0.25) is 5.91 Å². The van der Waals surface area contributed by atoms with E-state index >= 15 is 0 Å². The highest BCUT2D eigenvalue weighted by atomic mass is 32.1. The van der Waals surface area contributed by atoms with Crippen LogP contribution in [0.2, 0.25) is 0 Å². The van der Waals surface area contributed by atoms with Crippen LogP contribution in [0.4, 0.5) is 15.2 Å². The minimum absolute atomic E-state index is 0.103. The number of hydrogen-bond donors (Lipinski definition) is 1. The summed E-state index contributed by atoms with van der Waals surface area (Å²) in [5.41, 5.74) is 0.628. The molecule has 1 atom stereocenters. The zero-order chi connectivity index (χ0) is 20.2. The molecular formula is C20H23FN4O3S. The van der Waals surface area contributed by atoms with Crippen molar-refractivity contribution in [2.45, 2.75) is 12.8 Å². The van der Waals surface area contributed by atoms with Crippen molar-refractivity contribution < 1.29 is 18.7 Å². The number of benzene rings is 1. The Hall–Kier alpha value is -2.52. The lowest BCUT2D eigenvalue weighted by molar-refractivity contribution is -0.141. The zero-order valence-corrected chi connectivity index (χ0v) is 16.8. The predicted molar refractivity (Wildman–Crippen MR) is 108 cm³/mol. The van der Waals surface area contributed by atoms with Crippen molar-refractivity contribution in [2.24, 2.45) is 5.92 Å². The molecular weight excluding hydrogens is 395 g/mol. The average Bonchev–Trinajstić information content (AvgIpc) is 3.23. The number of nitrogens with zero attached hydrogens (tertiary/aromatic N) is 3. The van der Waals surface area contributed by atoms with E-state index < -0.39 is 0 Å². The van der Waals surface area contributed by atoms with E-state index in [1.807, 2.05) is 4.90 Å². The number of morpholine rings is 1. The molecule has 2 amide bonds. The van der Waals surface area contributed by atoms with Crippen LogP contribution in [0.1, 0.15) is 23.3 Å². The quantitative estimate of drug-likeness (QED) is 0.827. The number of thiazole rings is 1. The molecule has 29 heavy (non-hydrogen) atoms. The van der Waals surface area contributed by atoms with Gasteiger partial charge in [0.1, 0.15) is 11.5 Å². The number of hydrogen-bond acceptors (Lipinski definition) is 6. The van der Waals surface area contributed by atoms with Crippen molar-refractivity contribution in [3.8, 4) is 0 Å². The standard InChI is InChI=1S/C20H23FN4O3S/c21-15-5-1-2-6-16(15)22-20-23-17(13-29-20)19(27)25-7-3-4-14(12-25)18(26)24-8-10-28-11-9-24/h1-2,5-6,13-14H,3-4,7-12H2,(H,22,23). The molecule has 3 heterocycles. The van der Waals surface area contributed by atoms with Crippen molar-refractivity contribution in [1.82, 2.24) is 14.8 Å². The minimum Gasteiger partial charge on any atom is -0.378 e. The van der Waals surface area contributed by atoms with E-state index in [-0.39, 0.29) is 23.5 Å². The molecule has 1 aromatic heterocycles. The molecule has 1 aromatic carbocycles. The first-order chi connectivity index (χ1) is 14.1. The Morgan fingerprint density at radius 2 is 1.97 bits per heavy atom. The monoisotopic (exact) mass is 418 g/mol. The van der Waals surface area contributed by atoms with Crippen LogP contribution in [-0.4, -0.2) is 66.0 Å². The predicted octanol–water partition coefficient (Wildman–Crippen LogP) is 2.74. The van der Waals surface area contributed by atoms with Crippen molar-refractivity contribution >= 4 is 34.0 Å². The Bertz CT molecular complexity index is 884. The molecule has 2 aliphatic rings. The molecule has 154 valence electrons. The number of rotatable bonds is 4. The second-order valence-corrected chi connectivity index (χ2v) is 8.03. The van der Waals surface area contributed by atoms with Crippen LogP contribution in [0.5, 0.6) is 0 Å². The third-order valence-corrected chi connectivity index (χ3v) is 5.98. The molecule has 0 saturated carbocycles. The molecule has 1 unspecified atom stereocenters. The van der Waals surface area contributed by atoms with E-state index in [1.165, 1.54) is 17.4 Å². The summed E-state index contributed by atoms with van der Waals surface area (Å²) in [5, 5.41) is 5.03.